The smallest absolute Gasteiger partial charge is 0.347 e. The maximum Gasteiger partial charge on any atom is 0.347 e. The Bertz CT molecular complexity index is 455. The molecular formula is C10H13N3O4. The second-order valence-corrected chi connectivity index (χ2v) is 3.11. The highest BCUT2D eigenvalue weighted by molar-refractivity contribution is 5.81. The molecule has 0 unspecified atom stereocenters. The molecule has 1 N–H and O–H groups in total. The molecule has 0 fully saturated rings. The van der Waals surface area contributed by atoms with Crippen LogP contribution in [0.15, 0.2) is 23.3 Å². The topological polar surface area (TPSA) is 90.3 Å². The second-order valence-electron chi connectivity index (χ2n) is 3.11. The Labute approximate surface area is 97.4 Å². The summed E-state index contributed by atoms with van der Waals surface area (Å²) in [7, 11) is 0. The summed E-state index contributed by atoms with van der Waals surface area (Å²) in [4.78, 5) is 37.0. The van der Waals surface area contributed by atoms with Gasteiger partial charge in [0.25, 0.3) is 0 Å². The average molecular weight is 239 g/mol. The van der Waals surface area contributed by atoms with E-state index < -0.39 is 17.6 Å². The number of carbonyl (C=O) groups is 2. The van der Waals surface area contributed by atoms with Gasteiger partial charge in [-0.05, 0) is 13.0 Å². The Hall–Kier alpha value is -2.18. The van der Waals surface area contributed by atoms with Crippen molar-refractivity contribution < 1.29 is 14.3 Å². The lowest BCUT2D eigenvalue weighted by Crippen LogP contribution is -2.36. The largest absolute Gasteiger partial charge is 0.465 e. The molecule has 1 amide bonds. The van der Waals surface area contributed by atoms with E-state index in [2.05, 4.69) is 15.0 Å². The minimum Gasteiger partial charge on any atom is -0.465 e. The van der Waals surface area contributed by atoms with E-state index in [1.807, 2.05) is 0 Å². The molecule has 0 aromatic carbocycles. The summed E-state index contributed by atoms with van der Waals surface area (Å²) in [6, 6.07) is 1.54. The van der Waals surface area contributed by atoms with Crippen molar-refractivity contribution in [3.8, 4) is 0 Å². The molecule has 0 atom stereocenters. The molecule has 1 heterocycles. The summed E-state index contributed by atoms with van der Waals surface area (Å²) in [5.74, 6) is -0.965. The van der Waals surface area contributed by atoms with Crippen LogP contribution in [0.5, 0.6) is 0 Å². The molecule has 92 valence electrons. The predicted molar refractivity (Wildman–Crippen MR) is 58.1 cm³/mol. The van der Waals surface area contributed by atoms with Crippen molar-refractivity contribution in [2.45, 2.75) is 13.5 Å². The van der Waals surface area contributed by atoms with Gasteiger partial charge >= 0.3 is 11.7 Å². The first-order valence-corrected chi connectivity index (χ1v) is 5.07. The number of hydrogen-bond acceptors (Lipinski definition) is 5. The normalized spacial score (nSPS) is 9.71. The van der Waals surface area contributed by atoms with Crippen LogP contribution in [0.25, 0.3) is 0 Å². The van der Waals surface area contributed by atoms with Crippen LogP contribution >= 0.6 is 0 Å². The van der Waals surface area contributed by atoms with Gasteiger partial charge in [-0.3, -0.25) is 14.2 Å². The lowest BCUT2D eigenvalue weighted by molar-refractivity contribution is -0.143. The van der Waals surface area contributed by atoms with Crippen LogP contribution in [0.3, 0.4) is 0 Å². The minimum absolute atomic E-state index is 0.175. The number of aromatic nitrogens is 2. The standard InChI is InChI=1S/C10H13N3O4/c1-2-17-9(15)6-12-8(14)7-13-5-3-4-11-10(13)16/h3-5H,2,6-7H2,1H3,(H,12,14). The van der Waals surface area contributed by atoms with E-state index >= 15 is 0 Å². The molecule has 0 bridgehead atoms. The number of esters is 1. The van der Waals surface area contributed by atoms with Gasteiger partial charge in [-0.1, -0.05) is 0 Å². The maximum atomic E-state index is 11.4. The molecule has 7 heteroatoms. The van der Waals surface area contributed by atoms with Crippen molar-refractivity contribution in [3.05, 3.63) is 28.9 Å². The van der Waals surface area contributed by atoms with Crippen LogP contribution in [0, 0.1) is 0 Å². The van der Waals surface area contributed by atoms with E-state index in [-0.39, 0.29) is 19.7 Å². The molecule has 1 aromatic rings. The van der Waals surface area contributed by atoms with Gasteiger partial charge in [0.15, 0.2) is 0 Å². The predicted octanol–water partition coefficient (Wildman–Crippen LogP) is -1.08. The zero-order valence-electron chi connectivity index (χ0n) is 9.38. The fraction of sp³-hybridized carbons (Fsp3) is 0.400. The molecule has 1 rings (SSSR count). The number of nitrogens with one attached hydrogen (secondary N) is 1. The Morgan fingerprint density at radius 3 is 2.94 bits per heavy atom. The third-order valence-corrected chi connectivity index (χ3v) is 1.83. The summed E-state index contributed by atoms with van der Waals surface area (Å²) in [6.07, 6.45) is 2.79. The lowest BCUT2D eigenvalue weighted by atomic mass is 10.5. The van der Waals surface area contributed by atoms with Gasteiger partial charge in [-0.2, -0.15) is 0 Å². The van der Waals surface area contributed by atoms with Crippen molar-refractivity contribution in [2.24, 2.45) is 0 Å². The van der Waals surface area contributed by atoms with Gasteiger partial charge < -0.3 is 10.1 Å². The van der Waals surface area contributed by atoms with Crippen molar-refractivity contribution in [1.29, 1.82) is 0 Å². The summed E-state index contributed by atoms with van der Waals surface area (Å²) in [5, 5.41) is 2.34. The second kappa shape index (κ2) is 6.41. The van der Waals surface area contributed by atoms with Gasteiger partial charge in [-0.15, -0.1) is 0 Å². The molecule has 0 radical (unpaired) electrons. The van der Waals surface area contributed by atoms with Gasteiger partial charge in [-0.25, -0.2) is 9.78 Å². The Balaban J connectivity index is 2.43. The number of nitrogens with zero attached hydrogens (tertiary/aromatic N) is 2. The zero-order valence-corrected chi connectivity index (χ0v) is 9.38. The minimum atomic E-state index is -0.515. The number of amides is 1. The fourth-order valence-corrected chi connectivity index (χ4v) is 1.10. The van der Waals surface area contributed by atoms with Crippen LogP contribution in [-0.4, -0.2) is 34.6 Å². The van der Waals surface area contributed by atoms with Crippen molar-refractivity contribution in [1.82, 2.24) is 14.9 Å². The number of rotatable bonds is 5. The molecule has 7 nitrogen and oxygen atoms in total. The van der Waals surface area contributed by atoms with Crippen LogP contribution < -0.4 is 11.0 Å². The maximum absolute atomic E-state index is 11.4. The summed E-state index contributed by atoms with van der Waals surface area (Å²) in [5.41, 5.74) is -0.515. The zero-order chi connectivity index (χ0) is 12.7. The first-order chi connectivity index (χ1) is 8.13. The molecule has 0 spiro atoms. The highest BCUT2D eigenvalue weighted by atomic mass is 16.5. The van der Waals surface area contributed by atoms with Gasteiger partial charge in [0, 0.05) is 12.4 Å². The van der Waals surface area contributed by atoms with Gasteiger partial charge in [0.2, 0.25) is 5.91 Å². The fourth-order valence-electron chi connectivity index (χ4n) is 1.10. The Morgan fingerprint density at radius 1 is 1.53 bits per heavy atom. The number of hydrogen-bond donors (Lipinski definition) is 1. The summed E-state index contributed by atoms with van der Waals surface area (Å²) < 4.78 is 5.77. The number of carbonyl (C=O) groups excluding carboxylic acids is 2. The molecule has 17 heavy (non-hydrogen) atoms. The van der Waals surface area contributed by atoms with E-state index in [9.17, 15) is 14.4 Å². The molecule has 0 aliphatic heterocycles. The van der Waals surface area contributed by atoms with E-state index in [0.29, 0.717) is 0 Å². The third kappa shape index (κ3) is 4.45. The van der Waals surface area contributed by atoms with E-state index in [1.165, 1.54) is 12.4 Å². The highest BCUT2D eigenvalue weighted by Crippen LogP contribution is 1.81. The van der Waals surface area contributed by atoms with E-state index in [0.717, 1.165) is 4.57 Å². The van der Waals surface area contributed by atoms with Crippen molar-refractivity contribution in [2.75, 3.05) is 13.2 Å². The van der Waals surface area contributed by atoms with Crippen LogP contribution in [-0.2, 0) is 20.9 Å². The first-order valence-electron chi connectivity index (χ1n) is 5.07. The van der Waals surface area contributed by atoms with Crippen LogP contribution in [0.2, 0.25) is 0 Å². The molecular weight excluding hydrogens is 226 g/mol. The van der Waals surface area contributed by atoms with Crippen molar-refractivity contribution in [3.63, 3.8) is 0 Å². The lowest BCUT2D eigenvalue weighted by Gasteiger charge is -2.06. The van der Waals surface area contributed by atoms with Gasteiger partial charge in [0.1, 0.15) is 13.1 Å². The van der Waals surface area contributed by atoms with E-state index in [1.54, 1.807) is 13.0 Å². The van der Waals surface area contributed by atoms with Crippen molar-refractivity contribution >= 4 is 11.9 Å². The van der Waals surface area contributed by atoms with Crippen LogP contribution in [0.1, 0.15) is 6.92 Å². The highest BCUT2D eigenvalue weighted by Gasteiger charge is 2.07. The first kappa shape index (κ1) is 12.9. The monoisotopic (exact) mass is 239 g/mol. The summed E-state index contributed by atoms with van der Waals surface area (Å²) >= 11 is 0. The quantitative estimate of drug-likeness (QED) is 0.660. The number of ether oxygens (including phenoxy) is 1. The molecule has 0 saturated heterocycles. The molecule has 0 aliphatic rings. The summed E-state index contributed by atoms with van der Waals surface area (Å²) in [6.45, 7) is 1.56. The molecule has 0 aliphatic carbocycles. The molecule has 1 aromatic heterocycles. The third-order valence-electron chi connectivity index (χ3n) is 1.83. The van der Waals surface area contributed by atoms with E-state index in [4.69, 9.17) is 0 Å². The van der Waals surface area contributed by atoms with Crippen LogP contribution in [0.4, 0.5) is 0 Å². The Kier molecular flexibility index (Phi) is 4.86. The van der Waals surface area contributed by atoms with Gasteiger partial charge in [0.05, 0.1) is 6.61 Å². The molecule has 0 saturated carbocycles. The Morgan fingerprint density at radius 2 is 2.29 bits per heavy atom. The SMILES string of the molecule is CCOC(=O)CNC(=O)Cn1cccnc1=O. The average Bonchev–Trinajstić information content (AvgIpc) is 2.30.